The molecule has 442 valence electrons. The maximum atomic E-state index is 13.9. The van der Waals surface area contributed by atoms with Gasteiger partial charge in [-0.25, -0.2) is 28.1 Å². The molecule has 2 aromatic heterocycles. The third-order valence-corrected chi connectivity index (χ3v) is 16.1. The number of primary sulfonamides is 1. The molecule has 0 aliphatic rings. The summed E-state index contributed by atoms with van der Waals surface area (Å²) >= 11 is 15.0. The van der Waals surface area contributed by atoms with Crippen molar-refractivity contribution in [1.82, 2.24) is 30.8 Å². The summed E-state index contributed by atoms with van der Waals surface area (Å²) in [6.07, 6.45) is 0.836. The van der Waals surface area contributed by atoms with Crippen LogP contribution in [-0.4, -0.2) is 96.0 Å². The molecule has 0 saturated carbocycles. The van der Waals surface area contributed by atoms with Crippen molar-refractivity contribution in [2.24, 2.45) is 11.1 Å². The van der Waals surface area contributed by atoms with Crippen LogP contribution in [0.2, 0.25) is 10.0 Å². The number of alkyl carbamates (subject to hydrolysis) is 1. The molecule has 7 rings (SSSR count). The summed E-state index contributed by atoms with van der Waals surface area (Å²) in [5.41, 5.74) is 5.66. The van der Waals surface area contributed by atoms with Crippen LogP contribution in [-0.2, 0) is 50.3 Å². The molecule has 0 aliphatic carbocycles. The van der Waals surface area contributed by atoms with Gasteiger partial charge in [0.25, 0.3) is 5.91 Å². The highest BCUT2D eigenvalue weighted by Crippen LogP contribution is 2.28. The number of thiazole rings is 2. The van der Waals surface area contributed by atoms with Gasteiger partial charge in [-0.2, -0.15) is 5.26 Å². The summed E-state index contributed by atoms with van der Waals surface area (Å²) in [6.45, 7) is 9.45. The normalized spacial score (nSPS) is 12.6. The molecule has 0 spiro atoms. The molecule has 0 bridgehead atoms. The average Bonchev–Trinajstić information content (AvgIpc) is 4.05. The summed E-state index contributed by atoms with van der Waals surface area (Å²) in [6, 6.07) is 31.3. The van der Waals surface area contributed by atoms with Gasteiger partial charge in [0.2, 0.25) is 15.9 Å². The Hall–Kier alpha value is -7.75. The number of hydrogen-bond acceptors (Lipinski definition) is 15. The number of anilines is 1. The Labute approximate surface area is 506 Å². The third kappa shape index (κ3) is 20.3. The van der Waals surface area contributed by atoms with Gasteiger partial charge >= 0.3 is 12.1 Å². The van der Waals surface area contributed by atoms with E-state index >= 15 is 0 Å². The van der Waals surface area contributed by atoms with Crippen LogP contribution in [0.5, 0.6) is 5.75 Å². The second kappa shape index (κ2) is 31.2. The van der Waals surface area contributed by atoms with Crippen molar-refractivity contribution in [2.45, 2.75) is 102 Å². The molecule has 7 aromatic rings. The molecule has 0 fully saturated rings. The van der Waals surface area contributed by atoms with E-state index in [1.807, 2.05) is 86.0 Å². The van der Waals surface area contributed by atoms with E-state index in [-0.39, 0.29) is 68.3 Å². The molecular weight excluding hydrogens is 1170 g/mol. The van der Waals surface area contributed by atoms with Crippen molar-refractivity contribution < 1.29 is 47.0 Å². The lowest BCUT2D eigenvalue weighted by Gasteiger charge is -2.30. The first kappa shape index (κ1) is 65.4. The van der Waals surface area contributed by atoms with E-state index < -0.39 is 58.6 Å². The number of carbonyl (C=O) groups excluding carboxylic acids is 5. The van der Waals surface area contributed by atoms with Crippen molar-refractivity contribution in [1.29, 1.82) is 5.26 Å². The van der Waals surface area contributed by atoms with E-state index in [1.54, 1.807) is 37.0 Å². The molecule has 0 radical (unpaired) electrons. The lowest BCUT2D eigenvalue weighted by atomic mass is 9.93. The number of aliphatic hydroxyl groups is 1. The SMILES string of the molecule is CC(C)c1nc(CN(C)C(=O)N[C@H](C(=O)N[C@@H](Cc2ccccc2)C[C@H](O)[C@H](Cc2ccccc2)NC(=O)OCc2cncs2)C(C)C)cs1.Cc1cc(S(N)(=O)=O)ccc1NC(=O)COc1ccc(Cl)cc1C(=O)c1cc(Cl)cc(C#N)c1. The molecule has 0 saturated heterocycles. The number of carbonyl (C=O) groups is 5. The fraction of sp³-hybridized carbons (Fsp3) is 0.300. The second-order valence-electron chi connectivity index (χ2n) is 20.2. The van der Waals surface area contributed by atoms with Crippen molar-refractivity contribution >= 4 is 91.3 Å². The highest BCUT2D eigenvalue weighted by molar-refractivity contribution is 7.89. The van der Waals surface area contributed by atoms with Crippen LogP contribution in [0.4, 0.5) is 15.3 Å². The van der Waals surface area contributed by atoms with Crippen LogP contribution < -0.4 is 31.1 Å². The zero-order valence-corrected chi connectivity index (χ0v) is 50.8. The number of nitrogens with two attached hydrogens (primary N) is 1. The predicted molar refractivity (Wildman–Crippen MR) is 325 cm³/mol. The summed E-state index contributed by atoms with van der Waals surface area (Å²) in [5.74, 6) is -1.22. The third-order valence-electron chi connectivity index (χ3n) is 12.8. The summed E-state index contributed by atoms with van der Waals surface area (Å²) in [7, 11) is -2.19. The number of nitrogens with zero attached hydrogens (tertiary/aromatic N) is 4. The molecule has 84 heavy (non-hydrogen) atoms. The first-order valence-corrected chi connectivity index (χ1v) is 30.5. The van der Waals surface area contributed by atoms with Crippen LogP contribution in [0.15, 0.2) is 137 Å². The van der Waals surface area contributed by atoms with Gasteiger partial charge in [-0.1, -0.05) is 112 Å². The largest absolute Gasteiger partial charge is 0.483 e. The van der Waals surface area contributed by atoms with Gasteiger partial charge in [-0.05, 0) is 103 Å². The molecule has 2 heterocycles. The van der Waals surface area contributed by atoms with Gasteiger partial charge < -0.3 is 40.7 Å². The van der Waals surface area contributed by atoms with E-state index in [0.29, 0.717) is 36.6 Å². The van der Waals surface area contributed by atoms with Crippen molar-refractivity contribution in [2.75, 3.05) is 19.0 Å². The molecule has 24 heteroatoms. The van der Waals surface area contributed by atoms with E-state index in [9.17, 15) is 37.5 Å². The zero-order valence-electron chi connectivity index (χ0n) is 46.9. The number of ether oxygens (including phenoxy) is 2. The predicted octanol–water partition coefficient (Wildman–Crippen LogP) is 9.97. The minimum absolute atomic E-state index is 0.0671. The smallest absolute Gasteiger partial charge is 0.407 e. The van der Waals surface area contributed by atoms with Gasteiger partial charge in [0, 0.05) is 51.9 Å². The number of sulfonamides is 1. The number of benzene rings is 5. The molecule has 0 unspecified atom stereocenters. The highest BCUT2D eigenvalue weighted by Gasteiger charge is 2.31. The van der Waals surface area contributed by atoms with Gasteiger partial charge in [-0.15, -0.1) is 22.7 Å². The van der Waals surface area contributed by atoms with E-state index in [4.69, 9.17) is 43.1 Å². The van der Waals surface area contributed by atoms with Gasteiger partial charge in [0.1, 0.15) is 18.4 Å². The van der Waals surface area contributed by atoms with Crippen LogP contribution in [0.25, 0.3) is 0 Å². The Bertz CT molecular complexity index is 3530. The number of halogens is 2. The maximum Gasteiger partial charge on any atom is 0.407 e. The summed E-state index contributed by atoms with van der Waals surface area (Å²) in [5, 5.41) is 40.8. The Balaban J connectivity index is 0.000000290. The lowest BCUT2D eigenvalue weighted by Crippen LogP contribution is -2.55. The van der Waals surface area contributed by atoms with Gasteiger partial charge in [-0.3, -0.25) is 19.4 Å². The maximum absolute atomic E-state index is 13.9. The number of aryl methyl sites for hydroxylation is 1. The second-order valence-corrected chi connectivity index (χ2v) is 24.5. The Morgan fingerprint density at radius 2 is 1.54 bits per heavy atom. The van der Waals surface area contributed by atoms with Crippen molar-refractivity contribution in [3.8, 4) is 11.8 Å². The van der Waals surface area contributed by atoms with E-state index in [2.05, 4.69) is 45.1 Å². The summed E-state index contributed by atoms with van der Waals surface area (Å²) in [4.78, 5) is 76.4. The number of nitrogens with one attached hydrogen (secondary N) is 4. The molecular formula is C60H65Cl2N9O10S3. The number of nitriles is 1. The first-order valence-electron chi connectivity index (χ1n) is 26.4. The van der Waals surface area contributed by atoms with E-state index in [0.717, 1.165) is 26.7 Å². The van der Waals surface area contributed by atoms with Crippen molar-refractivity contribution in [3.05, 3.63) is 191 Å². The lowest BCUT2D eigenvalue weighted by molar-refractivity contribution is -0.125. The minimum Gasteiger partial charge on any atom is -0.483 e. The van der Waals surface area contributed by atoms with E-state index in [1.165, 1.54) is 70.8 Å². The molecule has 5 amide bonds. The monoisotopic (exact) mass is 1240 g/mol. The van der Waals surface area contributed by atoms with Crippen LogP contribution >= 0.6 is 45.9 Å². The minimum atomic E-state index is -3.87. The van der Waals surface area contributed by atoms with Crippen LogP contribution in [0.1, 0.15) is 93.8 Å². The van der Waals surface area contributed by atoms with Crippen LogP contribution in [0.3, 0.4) is 0 Å². The van der Waals surface area contributed by atoms with Crippen molar-refractivity contribution in [3.63, 3.8) is 0 Å². The number of urea groups is 1. The fourth-order valence-electron chi connectivity index (χ4n) is 8.42. The Morgan fingerprint density at radius 1 is 0.845 bits per heavy atom. The average molecular weight is 1240 g/mol. The molecule has 0 aliphatic heterocycles. The van der Waals surface area contributed by atoms with Gasteiger partial charge in [0.15, 0.2) is 12.4 Å². The molecule has 5 aromatic carbocycles. The number of rotatable bonds is 24. The quantitative estimate of drug-likeness (QED) is 0.0308. The number of aliphatic hydroxyl groups excluding tert-OH is 1. The van der Waals surface area contributed by atoms with Crippen LogP contribution in [0, 0.1) is 24.2 Å². The number of amides is 5. The standard InChI is InChI=1S/C37H48N6O5S2.C23H17Cl2N3O5S/c1-24(2)33(42-36(46)43(5)20-29-22-49-35(40-29)25(3)4)34(45)39-28(16-26-12-8-6-9-13-26)18-32(44)31(17-27-14-10-7-11-15-27)41-37(47)48-21-30-19-38-23-50-30;1-13-6-18(34(27,31)32)3-4-20(13)28-22(29)12-33-21-5-2-16(24)10-19(21)23(30)15-7-14(11-26)8-17(25)9-15/h6-15,19,22-25,28,31-33,44H,16-18,20-21H2,1-5H3,(H,39,45)(H,41,47)(H,42,46);2-10H,12H2,1H3,(H,28,29)(H2,27,31,32)/t28-,31-,32-,33-;/m0./s1. The Morgan fingerprint density at radius 3 is 2.14 bits per heavy atom. The topological polar surface area (TPSA) is 285 Å². The number of aromatic nitrogens is 2. The van der Waals surface area contributed by atoms with Gasteiger partial charge in [0.05, 0.1) is 61.9 Å². The number of hydrogen-bond donors (Lipinski definition) is 6. The fourth-order valence-corrected chi connectivity index (χ4v) is 10.8. The zero-order chi connectivity index (χ0) is 61.1. The molecule has 4 atom stereocenters. The highest BCUT2D eigenvalue weighted by atomic mass is 35.5. The Kier molecular flexibility index (Phi) is 24.3. The molecule has 7 N–H and O–H groups in total. The summed E-state index contributed by atoms with van der Waals surface area (Å²) < 4.78 is 33.9. The molecule has 19 nitrogen and oxygen atoms in total. The number of ketones is 1. The first-order chi connectivity index (χ1) is 39.9.